The number of carbonyl (C=O) groups excluding carboxylic acids is 1. The van der Waals surface area contributed by atoms with Gasteiger partial charge in [-0.3, -0.25) is 9.59 Å². The molecule has 2 aromatic carbocycles. The monoisotopic (exact) mass is 357 g/mol. The molecular formula is C20H23NO5. The van der Waals surface area contributed by atoms with Gasteiger partial charge in [-0.25, -0.2) is 0 Å². The van der Waals surface area contributed by atoms with Crippen molar-refractivity contribution in [2.45, 2.75) is 19.9 Å². The van der Waals surface area contributed by atoms with E-state index in [1.807, 2.05) is 13.0 Å². The summed E-state index contributed by atoms with van der Waals surface area (Å²) in [5, 5.41) is 12.2. The van der Waals surface area contributed by atoms with Crippen molar-refractivity contribution in [3.8, 4) is 11.5 Å². The van der Waals surface area contributed by atoms with Crippen molar-refractivity contribution < 1.29 is 24.2 Å². The van der Waals surface area contributed by atoms with Crippen LogP contribution in [0.4, 0.5) is 0 Å². The molecule has 0 aromatic heterocycles. The molecule has 0 fully saturated rings. The number of benzene rings is 2. The van der Waals surface area contributed by atoms with E-state index in [1.54, 1.807) is 43.3 Å². The van der Waals surface area contributed by atoms with E-state index in [2.05, 4.69) is 5.32 Å². The highest BCUT2D eigenvalue weighted by molar-refractivity contribution is 5.96. The van der Waals surface area contributed by atoms with Gasteiger partial charge in [0, 0.05) is 11.1 Å². The molecule has 2 aromatic rings. The van der Waals surface area contributed by atoms with Crippen LogP contribution in [0, 0.1) is 12.8 Å². The zero-order valence-corrected chi connectivity index (χ0v) is 15.3. The first kappa shape index (κ1) is 19.3. The van der Waals surface area contributed by atoms with Crippen LogP contribution < -0.4 is 14.8 Å². The molecule has 0 saturated heterocycles. The summed E-state index contributed by atoms with van der Waals surface area (Å²) in [5.74, 6) is -1.13. The Labute approximate surface area is 152 Å². The molecule has 0 saturated carbocycles. The second-order valence-corrected chi connectivity index (χ2v) is 5.99. The molecule has 0 spiro atoms. The van der Waals surface area contributed by atoms with Gasteiger partial charge in [0.1, 0.15) is 11.5 Å². The summed E-state index contributed by atoms with van der Waals surface area (Å²) in [6, 6.07) is 11.6. The Hall–Kier alpha value is -3.02. The minimum atomic E-state index is -0.988. The van der Waals surface area contributed by atoms with E-state index in [1.165, 1.54) is 14.2 Å². The summed E-state index contributed by atoms with van der Waals surface area (Å²) in [7, 11) is 3.03. The topological polar surface area (TPSA) is 84.9 Å². The fraction of sp³-hybridized carbons (Fsp3) is 0.300. The Kier molecular flexibility index (Phi) is 6.22. The SMILES string of the molecule is COc1cc(C(=O)NC(c2ccccc2)C(C)C(=O)O)cc(OC)c1C. The van der Waals surface area contributed by atoms with Gasteiger partial charge in [-0.2, -0.15) is 0 Å². The first-order valence-corrected chi connectivity index (χ1v) is 8.20. The van der Waals surface area contributed by atoms with Crippen LogP contribution in [0.2, 0.25) is 0 Å². The van der Waals surface area contributed by atoms with Crippen LogP contribution >= 0.6 is 0 Å². The molecule has 6 nitrogen and oxygen atoms in total. The van der Waals surface area contributed by atoms with Crippen molar-refractivity contribution in [2.24, 2.45) is 5.92 Å². The van der Waals surface area contributed by atoms with Crippen LogP contribution in [0.1, 0.15) is 34.5 Å². The van der Waals surface area contributed by atoms with Gasteiger partial charge in [0.15, 0.2) is 0 Å². The fourth-order valence-corrected chi connectivity index (χ4v) is 2.74. The Morgan fingerprint density at radius 1 is 1.04 bits per heavy atom. The quantitative estimate of drug-likeness (QED) is 0.795. The molecular weight excluding hydrogens is 334 g/mol. The molecule has 138 valence electrons. The summed E-state index contributed by atoms with van der Waals surface area (Å²) in [5.41, 5.74) is 1.84. The van der Waals surface area contributed by atoms with Crippen LogP contribution in [0.3, 0.4) is 0 Å². The number of hydrogen-bond donors (Lipinski definition) is 2. The van der Waals surface area contributed by atoms with Crippen LogP contribution in [0.5, 0.6) is 11.5 Å². The highest BCUT2D eigenvalue weighted by Crippen LogP contribution is 2.30. The number of nitrogens with one attached hydrogen (secondary N) is 1. The van der Waals surface area contributed by atoms with Crippen molar-refractivity contribution in [1.82, 2.24) is 5.32 Å². The number of rotatable bonds is 7. The molecule has 2 unspecified atom stereocenters. The third-order valence-electron chi connectivity index (χ3n) is 4.35. The summed E-state index contributed by atoms with van der Waals surface area (Å²) in [4.78, 5) is 24.3. The number of carbonyl (C=O) groups is 2. The molecule has 2 atom stereocenters. The fourth-order valence-electron chi connectivity index (χ4n) is 2.74. The van der Waals surface area contributed by atoms with E-state index in [-0.39, 0.29) is 0 Å². The van der Waals surface area contributed by atoms with Crippen LogP contribution in [0.25, 0.3) is 0 Å². The van der Waals surface area contributed by atoms with Gasteiger partial charge in [-0.1, -0.05) is 30.3 Å². The van der Waals surface area contributed by atoms with Crippen LogP contribution in [-0.4, -0.2) is 31.2 Å². The molecule has 2 N–H and O–H groups in total. The van der Waals surface area contributed by atoms with Gasteiger partial charge in [0.05, 0.1) is 26.2 Å². The third-order valence-corrected chi connectivity index (χ3v) is 4.35. The lowest BCUT2D eigenvalue weighted by atomic mass is 9.94. The van der Waals surface area contributed by atoms with E-state index in [0.717, 1.165) is 11.1 Å². The number of amides is 1. The predicted molar refractivity (Wildman–Crippen MR) is 97.7 cm³/mol. The molecule has 0 aliphatic rings. The van der Waals surface area contributed by atoms with Crippen molar-refractivity contribution in [2.75, 3.05) is 14.2 Å². The van der Waals surface area contributed by atoms with E-state index in [9.17, 15) is 14.7 Å². The molecule has 0 aliphatic heterocycles. The van der Waals surface area contributed by atoms with Gasteiger partial charge < -0.3 is 19.9 Å². The number of carboxylic acid groups (broad SMARTS) is 1. The molecule has 0 aliphatic carbocycles. The maximum absolute atomic E-state index is 12.8. The van der Waals surface area contributed by atoms with Gasteiger partial charge >= 0.3 is 5.97 Å². The molecule has 26 heavy (non-hydrogen) atoms. The lowest BCUT2D eigenvalue weighted by molar-refractivity contribution is -0.142. The molecule has 0 heterocycles. The Balaban J connectivity index is 2.37. The first-order valence-electron chi connectivity index (χ1n) is 8.20. The largest absolute Gasteiger partial charge is 0.496 e. The van der Waals surface area contributed by atoms with Crippen LogP contribution in [-0.2, 0) is 4.79 Å². The number of carboxylic acids is 1. The minimum Gasteiger partial charge on any atom is -0.496 e. The second-order valence-electron chi connectivity index (χ2n) is 5.99. The molecule has 6 heteroatoms. The maximum atomic E-state index is 12.8. The van der Waals surface area contributed by atoms with Crippen molar-refractivity contribution in [1.29, 1.82) is 0 Å². The van der Waals surface area contributed by atoms with Gasteiger partial charge in [0.25, 0.3) is 5.91 Å². The van der Waals surface area contributed by atoms with Crippen LogP contribution in [0.15, 0.2) is 42.5 Å². The highest BCUT2D eigenvalue weighted by atomic mass is 16.5. The number of ether oxygens (including phenoxy) is 2. The average molecular weight is 357 g/mol. The normalized spacial score (nSPS) is 12.8. The zero-order valence-electron chi connectivity index (χ0n) is 15.3. The summed E-state index contributed by atoms with van der Waals surface area (Å²) in [6.07, 6.45) is 0. The number of hydrogen-bond acceptors (Lipinski definition) is 4. The van der Waals surface area contributed by atoms with Gasteiger partial charge in [0.2, 0.25) is 0 Å². The zero-order chi connectivity index (χ0) is 19.3. The first-order chi connectivity index (χ1) is 12.4. The molecule has 0 radical (unpaired) electrons. The third kappa shape index (κ3) is 4.14. The number of aliphatic carboxylic acids is 1. The van der Waals surface area contributed by atoms with E-state index in [0.29, 0.717) is 17.1 Å². The Morgan fingerprint density at radius 3 is 2.04 bits per heavy atom. The lowest BCUT2D eigenvalue weighted by Crippen LogP contribution is -2.35. The van der Waals surface area contributed by atoms with Crippen molar-refractivity contribution in [3.63, 3.8) is 0 Å². The van der Waals surface area contributed by atoms with Crippen molar-refractivity contribution in [3.05, 3.63) is 59.2 Å². The Bertz CT molecular complexity index is 763. The van der Waals surface area contributed by atoms with E-state index < -0.39 is 23.8 Å². The summed E-state index contributed by atoms with van der Waals surface area (Å²) in [6.45, 7) is 3.40. The van der Waals surface area contributed by atoms with E-state index >= 15 is 0 Å². The van der Waals surface area contributed by atoms with E-state index in [4.69, 9.17) is 9.47 Å². The molecule has 1 amide bonds. The smallest absolute Gasteiger partial charge is 0.308 e. The van der Waals surface area contributed by atoms with Gasteiger partial charge in [-0.05, 0) is 31.5 Å². The predicted octanol–water partition coefficient (Wildman–Crippen LogP) is 3.20. The Morgan fingerprint density at radius 2 is 1.58 bits per heavy atom. The number of methoxy groups -OCH3 is 2. The average Bonchev–Trinajstić information content (AvgIpc) is 2.66. The molecule has 0 bridgehead atoms. The lowest BCUT2D eigenvalue weighted by Gasteiger charge is -2.23. The second kappa shape index (κ2) is 8.38. The summed E-state index contributed by atoms with van der Waals surface area (Å²) >= 11 is 0. The van der Waals surface area contributed by atoms with Gasteiger partial charge in [-0.15, -0.1) is 0 Å². The molecule has 2 rings (SSSR count). The minimum absolute atomic E-state index is 0.336. The summed E-state index contributed by atoms with van der Waals surface area (Å²) < 4.78 is 10.6. The highest BCUT2D eigenvalue weighted by Gasteiger charge is 2.27. The maximum Gasteiger partial charge on any atom is 0.308 e. The van der Waals surface area contributed by atoms with Crippen molar-refractivity contribution >= 4 is 11.9 Å². The standard InChI is InChI=1S/C20H23NO5/c1-12-16(25-3)10-15(11-17(12)26-4)19(22)21-18(13(2)20(23)24)14-8-6-5-7-9-14/h5-11,13,18H,1-4H3,(H,21,22)(H,23,24).